The van der Waals surface area contributed by atoms with Crippen molar-refractivity contribution in [3.8, 4) is 11.4 Å². The fraction of sp³-hybridized carbons (Fsp3) is 0.235. The molecule has 6 nitrogen and oxygen atoms in total. The largest absolute Gasteiger partial charge is 0.467 e. The Balaban J connectivity index is 1.88. The summed E-state index contributed by atoms with van der Waals surface area (Å²) in [7, 11) is 0. The highest BCUT2D eigenvalue weighted by atomic mass is 16.3. The first-order chi connectivity index (χ1) is 11.3. The molecule has 3 rings (SSSR count). The van der Waals surface area contributed by atoms with Crippen LogP contribution in [0.4, 0.5) is 5.95 Å². The van der Waals surface area contributed by atoms with E-state index in [0.29, 0.717) is 24.7 Å². The lowest BCUT2D eigenvalue weighted by molar-refractivity contribution is 0.0888. The third-order valence-electron chi connectivity index (χ3n) is 3.34. The van der Waals surface area contributed by atoms with Crippen molar-refractivity contribution in [1.29, 1.82) is 0 Å². The van der Waals surface area contributed by atoms with Gasteiger partial charge in [0.25, 0.3) is 0 Å². The van der Waals surface area contributed by atoms with Crippen LogP contribution in [0.15, 0.2) is 53.1 Å². The molecular weight excluding hydrogens is 292 g/mol. The van der Waals surface area contributed by atoms with Gasteiger partial charge in [0.2, 0.25) is 11.9 Å². The van der Waals surface area contributed by atoms with Gasteiger partial charge in [-0.25, -0.2) is 0 Å². The van der Waals surface area contributed by atoms with E-state index < -0.39 is 0 Å². The highest BCUT2D eigenvalue weighted by Gasteiger charge is 2.16. The molecule has 118 valence electrons. The van der Waals surface area contributed by atoms with Gasteiger partial charge < -0.3 is 9.73 Å². The molecule has 0 fully saturated rings. The summed E-state index contributed by atoms with van der Waals surface area (Å²) in [6.45, 7) is 2.40. The van der Waals surface area contributed by atoms with Crippen molar-refractivity contribution in [3.05, 3.63) is 54.5 Å². The molecule has 0 saturated carbocycles. The Labute approximate surface area is 134 Å². The first-order valence-electron chi connectivity index (χ1n) is 7.60. The average molecular weight is 310 g/mol. The normalized spacial score (nSPS) is 10.7. The molecule has 0 spiro atoms. The fourth-order valence-corrected chi connectivity index (χ4v) is 2.21. The summed E-state index contributed by atoms with van der Waals surface area (Å²) in [4.78, 5) is 16.7. The number of aromatic nitrogens is 3. The molecule has 3 aromatic rings. The highest BCUT2D eigenvalue weighted by molar-refractivity contribution is 5.81. The van der Waals surface area contributed by atoms with Crippen LogP contribution in [0, 0.1) is 0 Å². The number of carbonyl (C=O) groups is 1. The molecule has 0 radical (unpaired) electrons. The van der Waals surface area contributed by atoms with Gasteiger partial charge in [0.1, 0.15) is 5.76 Å². The molecule has 1 aromatic carbocycles. The molecule has 1 N–H and O–H groups in total. The van der Waals surface area contributed by atoms with Gasteiger partial charge in [-0.2, -0.15) is 9.67 Å². The van der Waals surface area contributed by atoms with E-state index in [9.17, 15) is 4.79 Å². The van der Waals surface area contributed by atoms with Crippen molar-refractivity contribution in [3.63, 3.8) is 0 Å². The first-order valence-corrected chi connectivity index (χ1v) is 7.60. The van der Waals surface area contributed by atoms with Gasteiger partial charge >= 0.3 is 0 Å². The highest BCUT2D eigenvalue weighted by Crippen LogP contribution is 2.18. The second kappa shape index (κ2) is 6.91. The number of anilines is 1. The Bertz CT molecular complexity index is 763. The maximum absolute atomic E-state index is 12.3. The standard InChI is InChI=1S/C17H18N4O2/c1-2-7-15(22)21-17(18-12-14-10-6-11-23-14)19-16(20-21)13-8-4-3-5-9-13/h3-6,8-11H,2,7,12H2,1H3,(H,18,19,20). The minimum atomic E-state index is -0.0795. The quantitative estimate of drug-likeness (QED) is 0.753. The summed E-state index contributed by atoms with van der Waals surface area (Å²) < 4.78 is 6.63. The Morgan fingerprint density at radius 2 is 2.04 bits per heavy atom. The van der Waals surface area contributed by atoms with Crippen LogP contribution in [-0.4, -0.2) is 20.7 Å². The van der Waals surface area contributed by atoms with Crippen molar-refractivity contribution >= 4 is 11.9 Å². The van der Waals surface area contributed by atoms with Crippen LogP contribution in [0.25, 0.3) is 11.4 Å². The minimum Gasteiger partial charge on any atom is -0.467 e. The Hall–Kier alpha value is -2.89. The van der Waals surface area contributed by atoms with E-state index in [1.54, 1.807) is 6.26 Å². The van der Waals surface area contributed by atoms with Gasteiger partial charge in [0, 0.05) is 12.0 Å². The molecule has 0 amide bonds. The molecular formula is C17H18N4O2. The number of rotatable bonds is 6. The molecule has 0 saturated heterocycles. The van der Waals surface area contributed by atoms with Crippen LogP contribution in [0.2, 0.25) is 0 Å². The molecule has 2 aromatic heterocycles. The minimum absolute atomic E-state index is 0.0795. The van der Waals surface area contributed by atoms with Gasteiger partial charge in [-0.3, -0.25) is 4.79 Å². The van der Waals surface area contributed by atoms with Crippen LogP contribution in [-0.2, 0) is 6.54 Å². The van der Waals surface area contributed by atoms with Crippen LogP contribution < -0.4 is 5.32 Å². The molecule has 2 heterocycles. The molecule has 0 aliphatic heterocycles. The lowest BCUT2D eigenvalue weighted by Gasteiger charge is -2.04. The summed E-state index contributed by atoms with van der Waals surface area (Å²) in [6.07, 6.45) is 2.80. The van der Waals surface area contributed by atoms with Gasteiger partial charge in [-0.15, -0.1) is 5.10 Å². The van der Waals surface area contributed by atoms with Crippen molar-refractivity contribution in [2.75, 3.05) is 5.32 Å². The second-order valence-electron chi connectivity index (χ2n) is 5.11. The zero-order valence-corrected chi connectivity index (χ0v) is 12.9. The molecule has 0 bridgehead atoms. The third-order valence-corrected chi connectivity index (χ3v) is 3.34. The molecule has 23 heavy (non-hydrogen) atoms. The van der Waals surface area contributed by atoms with Crippen LogP contribution in [0.1, 0.15) is 30.3 Å². The number of hydrogen-bond acceptors (Lipinski definition) is 5. The summed E-state index contributed by atoms with van der Waals surface area (Å²) >= 11 is 0. The number of benzene rings is 1. The van der Waals surface area contributed by atoms with Crippen molar-refractivity contribution in [1.82, 2.24) is 14.8 Å². The van der Waals surface area contributed by atoms with Gasteiger partial charge in [-0.1, -0.05) is 37.3 Å². The third kappa shape index (κ3) is 3.48. The van der Waals surface area contributed by atoms with E-state index in [4.69, 9.17) is 4.42 Å². The molecule has 6 heteroatoms. The molecule has 0 aliphatic carbocycles. The average Bonchev–Trinajstić information content (AvgIpc) is 3.23. The predicted octanol–water partition coefficient (Wildman–Crippen LogP) is 3.59. The van der Waals surface area contributed by atoms with Crippen molar-refractivity contribution < 1.29 is 9.21 Å². The number of furan rings is 1. The first kappa shape index (κ1) is 15.0. The maximum Gasteiger partial charge on any atom is 0.250 e. The number of carbonyl (C=O) groups excluding carboxylic acids is 1. The molecule has 0 aliphatic rings. The van der Waals surface area contributed by atoms with Gasteiger partial charge in [-0.05, 0) is 18.6 Å². The van der Waals surface area contributed by atoms with Gasteiger partial charge in [0.05, 0.1) is 12.8 Å². The van der Waals surface area contributed by atoms with E-state index >= 15 is 0 Å². The Kier molecular flexibility index (Phi) is 4.52. The molecule has 0 atom stereocenters. The van der Waals surface area contributed by atoms with Crippen molar-refractivity contribution in [2.45, 2.75) is 26.3 Å². The summed E-state index contributed by atoms with van der Waals surface area (Å²) in [5, 5.41) is 7.48. The van der Waals surface area contributed by atoms with E-state index in [1.807, 2.05) is 49.4 Å². The fourth-order valence-electron chi connectivity index (χ4n) is 2.21. The lowest BCUT2D eigenvalue weighted by atomic mass is 10.2. The van der Waals surface area contributed by atoms with Gasteiger partial charge in [0.15, 0.2) is 5.82 Å². The van der Waals surface area contributed by atoms with Crippen molar-refractivity contribution in [2.24, 2.45) is 0 Å². The van der Waals surface area contributed by atoms with Crippen LogP contribution in [0.5, 0.6) is 0 Å². The summed E-state index contributed by atoms with van der Waals surface area (Å²) in [6, 6.07) is 13.3. The van der Waals surface area contributed by atoms with E-state index in [-0.39, 0.29) is 5.91 Å². The van der Waals surface area contributed by atoms with E-state index in [1.165, 1.54) is 4.68 Å². The number of nitrogens with one attached hydrogen (secondary N) is 1. The zero-order valence-electron chi connectivity index (χ0n) is 12.9. The van der Waals surface area contributed by atoms with Crippen LogP contribution in [0.3, 0.4) is 0 Å². The smallest absolute Gasteiger partial charge is 0.250 e. The monoisotopic (exact) mass is 310 g/mol. The van der Waals surface area contributed by atoms with E-state index in [2.05, 4.69) is 15.4 Å². The van der Waals surface area contributed by atoms with E-state index in [0.717, 1.165) is 17.7 Å². The number of nitrogens with zero attached hydrogens (tertiary/aromatic N) is 3. The maximum atomic E-state index is 12.3. The predicted molar refractivity (Wildman–Crippen MR) is 87.0 cm³/mol. The lowest BCUT2D eigenvalue weighted by Crippen LogP contribution is -2.16. The SMILES string of the molecule is CCCC(=O)n1nc(-c2ccccc2)nc1NCc1ccco1. The Morgan fingerprint density at radius 3 is 2.74 bits per heavy atom. The number of hydrogen-bond donors (Lipinski definition) is 1. The second-order valence-corrected chi connectivity index (χ2v) is 5.11. The zero-order chi connectivity index (χ0) is 16.1. The summed E-state index contributed by atoms with van der Waals surface area (Å²) in [5.41, 5.74) is 0.872. The topological polar surface area (TPSA) is 73.0 Å². The summed E-state index contributed by atoms with van der Waals surface area (Å²) in [5.74, 6) is 1.64. The van der Waals surface area contributed by atoms with Crippen LogP contribution >= 0.6 is 0 Å². The molecule has 0 unspecified atom stereocenters. The Morgan fingerprint density at radius 1 is 1.22 bits per heavy atom.